The highest BCUT2D eigenvalue weighted by Gasteiger charge is 2.18. The highest BCUT2D eigenvalue weighted by molar-refractivity contribution is 5.95. The molecule has 2 aromatic carbocycles. The number of aliphatic hydroxyl groups excluding tert-OH is 1. The number of piperazine rings is 1. The number of carbonyl (C=O) groups is 1. The fourth-order valence-electron chi connectivity index (χ4n) is 4.68. The summed E-state index contributed by atoms with van der Waals surface area (Å²) in [4.78, 5) is 19.6. The van der Waals surface area contributed by atoms with Crippen molar-refractivity contribution in [1.29, 1.82) is 5.26 Å². The van der Waals surface area contributed by atoms with E-state index in [0.29, 0.717) is 11.1 Å². The van der Waals surface area contributed by atoms with E-state index >= 15 is 0 Å². The number of aromatic amines is 1. The summed E-state index contributed by atoms with van der Waals surface area (Å²) in [6.07, 6.45) is 5.38. The van der Waals surface area contributed by atoms with Gasteiger partial charge in [-0.25, -0.2) is 0 Å². The van der Waals surface area contributed by atoms with E-state index in [1.165, 1.54) is 10.9 Å². The van der Waals surface area contributed by atoms with Crippen LogP contribution in [0.4, 0.5) is 5.69 Å². The first-order valence-corrected chi connectivity index (χ1v) is 12.4. The molecule has 0 saturated carbocycles. The van der Waals surface area contributed by atoms with Crippen molar-refractivity contribution < 1.29 is 14.3 Å². The monoisotopic (exact) mass is 523 g/mol. The molecule has 1 fully saturated rings. The van der Waals surface area contributed by atoms with Gasteiger partial charge in [0.05, 0.1) is 11.6 Å². The predicted molar refractivity (Wildman–Crippen MR) is 149 cm³/mol. The summed E-state index contributed by atoms with van der Waals surface area (Å²) < 4.78 is 5.49. The Morgan fingerprint density at radius 2 is 1.89 bits per heavy atom. The number of fused-ring (bicyclic) bond motifs is 2. The first kappa shape index (κ1) is 28.1. The average Bonchev–Trinajstić information content (AvgIpc) is 3.51. The summed E-state index contributed by atoms with van der Waals surface area (Å²) in [6.45, 7) is 7.06. The summed E-state index contributed by atoms with van der Waals surface area (Å²) >= 11 is 0. The Kier molecular flexibility index (Phi) is 9.98. The lowest BCUT2D eigenvalue weighted by Crippen LogP contribution is -2.46. The van der Waals surface area contributed by atoms with Crippen LogP contribution in [0.1, 0.15) is 41.4 Å². The van der Waals surface area contributed by atoms with E-state index in [2.05, 4.69) is 33.1 Å². The van der Waals surface area contributed by atoms with Crippen LogP contribution in [0.5, 0.6) is 0 Å². The van der Waals surface area contributed by atoms with Crippen molar-refractivity contribution in [3.05, 3.63) is 65.5 Å². The van der Waals surface area contributed by atoms with E-state index < -0.39 is 5.91 Å². The number of primary amides is 1. The van der Waals surface area contributed by atoms with Crippen LogP contribution >= 0.6 is 12.4 Å². The molecule has 5 rings (SSSR count). The Balaban J connectivity index is 0.000000908. The minimum absolute atomic E-state index is 0. The third kappa shape index (κ3) is 6.83. The van der Waals surface area contributed by atoms with E-state index in [0.717, 1.165) is 68.6 Å². The zero-order valence-electron chi connectivity index (χ0n) is 21.1. The van der Waals surface area contributed by atoms with E-state index in [4.69, 9.17) is 20.5 Å². The van der Waals surface area contributed by atoms with Crippen molar-refractivity contribution >= 4 is 45.9 Å². The molecule has 4 aromatic rings. The number of nitriles is 1. The molecule has 8 nitrogen and oxygen atoms in total. The van der Waals surface area contributed by atoms with Gasteiger partial charge in [0, 0.05) is 61.0 Å². The number of hydrogen-bond donors (Lipinski definition) is 3. The molecule has 1 aliphatic rings. The number of hydrogen-bond acceptors (Lipinski definition) is 6. The van der Waals surface area contributed by atoms with Gasteiger partial charge in [0.2, 0.25) is 0 Å². The van der Waals surface area contributed by atoms with Gasteiger partial charge in [-0.1, -0.05) is 0 Å². The molecule has 0 unspecified atom stereocenters. The Hall–Kier alpha value is -3.51. The largest absolute Gasteiger partial charge is 0.451 e. The number of benzene rings is 2. The van der Waals surface area contributed by atoms with Crippen LogP contribution in [0.3, 0.4) is 0 Å². The highest BCUT2D eigenvalue weighted by Crippen LogP contribution is 2.26. The molecule has 3 heterocycles. The second-order valence-electron chi connectivity index (χ2n) is 8.99. The summed E-state index contributed by atoms with van der Waals surface area (Å²) in [7, 11) is 0. The fraction of sp³-hybridized carbons (Fsp3) is 0.357. The number of carbonyl (C=O) groups excluding carboxylic acids is 1. The third-order valence-electron chi connectivity index (χ3n) is 6.55. The SMILES string of the molecule is CCO.Cl.N#Cc1ccc2[nH]cc(CCCCN3CCN(c4ccc5oc(C(N)=O)cc5c4)CC3)c2c1. The molecule has 0 aliphatic carbocycles. The van der Waals surface area contributed by atoms with Crippen LogP contribution in [-0.2, 0) is 6.42 Å². The number of nitrogens with one attached hydrogen (secondary N) is 1. The molecule has 2 aromatic heterocycles. The molecule has 0 atom stereocenters. The summed E-state index contributed by atoms with van der Waals surface area (Å²) in [5.41, 5.74) is 10.3. The molecule has 4 N–H and O–H groups in total. The lowest BCUT2D eigenvalue weighted by Gasteiger charge is -2.36. The predicted octanol–water partition coefficient (Wildman–Crippen LogP) is 4.45. The number of H-pyrrole nitrogens is 1. The molecule has 1 amide bonds. The van der Waals surface area contributed by atoms with Crippen molar-refractivity contribution in [3.8, 4) is 6.07 Å². The molecule has 196 valence electrons. The normalized spacial score (nSPS) is 13.6. The van der Waals surface area contributed by atoms with E-state index in [-0.39, 0.29) is 24.8 Å². The summed E-state index contributed by atoms with van der Waals surface area (Å²) in [5.74, 6) is -0.344. The van der Waals surface area contributed by atoms with Crippen molar-refractivity contribution in [2.45, 2.75) is 26.2 Å². The summed E-state index contributed by atoms with van der Waals surface area (Å²) in [6, 6.07) is 15.8. The molecule has 0 bridgehead atoms. The standard InChI is InChI=1S/C26H27N5O2.C2H6O.ClH/c27-16-18-4-6-23-22(13-18)19(17-29-23)3-1-2-8-30-9-11-31(12-10-30)21-5-7-24-20(14-21)15-25(33-24)26(28)32;1-2-3;/h4-7,13-15,17,29H,1-3,8-12H2,(H2,28,32);3H,2H2,1H3;1H. The van der Waals surface area contributed by atoms with E-state index in [1.807, 2.05) is 30.3 Å². The first-order chi connectivity index (χ1) is 17.5. The minimum atomic E-state index is -0.544. The Labute approximate surface area is 223 Å². The molecular weight excluding hydrogens is 490 g/mol. The maximum atomic E-state index is 11.4. The van der Waals surface area contributed by atoms with Crippen LogP contribution in [0, 0.1) is 11.3 Å². The number of furan rings is 1. The fourth-order valence-corrected chi connectivity index (χ4v) is 4.68. The van der Waals surface area contributed by atoms with Gasteiger partial charge in [-0.3, -0.25) is 9.69 Å². The third-order valence-corrected chi connectivity index (χ3v) is 6.55. The van der Waals surface area contributed by atoms with Crippen LogP contribution in [0.15, 0.2) is 53.1 Å². The summed E-state index contributed by atoms with van der Waals surface area (Å²) in [5, 5.41) is 18.8. The van der Waals surface area contributed by atoms with Gasteiger partial charge < -0.3 is 25.1 Å². The molecule has 0 radical (unpaired) electrons. The lowest BCUT2D eigenvalue weighted by molar-refractivity contribution is 0.0976. The maximum absolute atomic E-state index is 11.4. The van der Waals surface area contributed by atoms with Crippen molar-refractivity contribution in [1.82, 2.24) is 9.88 Å². The van der Waals surface area contributed by atoms with Gasteiger partial charge in [-0.05, 0) is 80.8 Å². The molecule has 37 heavy (non-hydrogen) atoms. The number of halogens is 1. The van der Waals surface area contributed by atoms with Crippen LogP contribution in [0.2, 0.25) is 0 Å². The highest BCUT2D eigenvalue weighted by atomic mass is 35.5. The van der Waals surface area contributed by atoms with Gasteiger partial charge in [-0.15, -0.1) is 12.4 Å². The van der Waals surface area contributed by atoms with E-state index in [9.17, 15) is 4.79 Å². The van der Waals surface area contributed by atoms with Crippen LogP contribution < -0.4 is 10.6 Å². The van der Waals surface area contributed by atoms with Crippen LogP contribution in [-0.4, -0.2) is 60.2 Å². The van der Waals surface area contributed by atoms with Crippen LogP contribution in [0.25, 0.3) is 21.9 Å². The number of nitrogens with zero attached hydrogens (tertiary/aromatic N) is 3. The van der Waals surface area contributed by atoms with Gasteiger partial charge in [-0.2, -0.15) is 5.26 Å². The van der Waals surface area contributed by atoms with E-state index in [1.54, 1.807) is 13.0 Å². The Bertz CT molecular complexity index is 1370. The number of anilines is 1. The zero-order valence-corrected chi connectivity index (χ0v) is 21.9. The number of amides is 1. The van der Waals surface area contributed by atoms with Gasteiger partial charge >= 0.3 is 0 Å². The number of unbranched alkanes of at least 4 members (excludes halogenated alkanes) is 1. The Morgan fingerprint density at radius 3 is 2.59 bits per heavy atom. The smallest absolute Gasteiger partial charge is 0.284 e. The number of rotatable bonds is 7. The second-order valence-corrected chi connectivity index (χ2v) is 8.99. The minimum Gasteiger partial charge on any atom is -0.451 e. The van der Waals surface area contributed by atoms with Crippen molar-refractivity contribution in [3.63, 3.8) is 0 Å². The average molecular weight is 524 g/mol. The quantitative estimate of drug-likeness (QED) is 0.307. The number of aromatic nitrogens is 1. The van der Waals surface area contributed by atoms with Crippen molar-refractivity contribution in [2.24, 2.45) is 5.73 Å². The molecule has 9 heteroatoms. The lowest BCUT2D eigenvalue weighted by atomic mass is 10.1. The van der Waals surface area contributed by atoms with Crippen molar-refractivity contribution in [2.75, 3.05) is 44.2 Å². The maximum Gasteiger partial charge on any atom is 0.284 e. The number of aliphatic hydroxyl groups is 1. The first-order valence-electron chi connectivity index (χ1n) is 12.4. The number of aryl methyl sites for hydroxylation is 1. The number of nitrogens with two attached hydrogens (primary N) is 1. The molecule has 0 spiro atoms. The topological polar surface area (TPSA) is 123 Å². The zero-order chi connectivity index (χ0) is 25.5. The Morgan fingerprint density at radius 1 is 1.14 bits per heavy atom. The molecule has 1 saturated heterocycles. The van der Waals surface area contributed by atoms with Gasteiger partial charge in [0.15, 0.2) is 5.76 Å². The van der Waals surface area contributed by atoms with Gasteiger partial charge in [0.1, 0.15) is 5.58 Å². The molecular formula is C28H34ClN5O3. The van der Waals surface area contributed by atoms with Gasteiger partial charge in [0.25, 0.3) is 5.91 Å². The molecule has 1 aliphatic heterocycles. The second kappa shape index (κ2) is 13.2.